The number of benzene rings is 4. The summed E-state index contributed by atoms with van der Waals surface area (Å²) < 4.78 is 102. The third kappa shape index (κ3) is 6.09. The van der Waals surface area contributed by atoms with Gasteiger partial charge in [-0.2, -0.15) is 8.42 Å². The van der Waals surface area contributed by atoms with Crippen molar-refractivity contribution in [2.24, 2.45) is 0 Å². The molecule has 0 aliphatic rings. The second-order valence-corrected chi connectivity index (χ2v) is 9.37. The van der Waals surface area contributed by atoms with E-state index in [9.17, 15) is 30.4 Å². The van der Waals surface area contributed by atoms with Crippen molar-refractivity contribution in [2.45, 2.75) is 9.79 Å². The van der Waals surface area contributed by atoms with E-state index in [4.69, 9.17) is 14.0 Å². The summed E-state index contributed by atoms with van der Waals surface area (Å²) in [5.74, 6) is -10.9. The van der Waals surface area contributed by atoms with Crippen LogP contribution in [0.25, 0.3) is 22.3 Å². The zero-order valence-electron chi connectivity index (χ0n) is 19.7. The van der Waals surface area contributed by atoms with Crippen LogP contribution in [0.2, 0.25) is 0 Å². The highest BCUT2D eigenvalue weighted by Gasteiger charge is 2.32. The van der Waals surface area contributed by atoms with Crippen LogP contribution in [0, 0.1) is 29.1 Å². The Morgan fingerprint density at radius 2 is 1.08 bits per heavy atom. The first-order valence-electron chi connectivity index (χ1n) is 10.5. The quantitative estimate of drug-likeness (QED) is 0.0893. The third-order valence-electron chi connectivity index (χ3n) is 5.25. The number of ether oxygens (including phenoxy) is 2. The number of hydrogen-bond acceptors (Lipinski definition) is 5. The number of methoxy groups -OCH3 is 2. The molecule has 4 rings (SSSR count). The van der Waals surface area contributed by atoms with E-state index in [1.165, 1.54) is 0 Å². The molecule has 4 aromatic carbocycles. The molecule has 200 valence electrons. The third-order valence-corrected chi connectivity index (χ3v) is 6.50. The Hall–Kier alpha value is -3.61. The molecule has 5 nitrogen and oxygen atoms in total. The van der Waals surface area contributed by atoms with Crippen molar-refractivity contribution in [1.29, 1.82) is 0 Å². The zero-order chi connectivity index (χ0) is 28.2. The van der Waals surface area contributed by atoms with Crippen molar-refractivity contribution in [1.82, 2.24) is 0 Å². The smallest absolute Gasteiger partial charge is 0.300 e. The molecule has 0 atom stereocenters. The van der Waals surface area contributed by atoms with Crippen LogP contribution in [0.3, 0.4) is 0 Å². The summed E-state index contributed by atoms with van der Waals surface area (Å²) in [6.45, 7) is 0. The van der Waals surface area contributed by atoms with Crippen LogP contribution in [0.1, 0.15) is 0 Å². The molecule has 1 N–H and O–H groups in total. The molecule has 0 saturated heterocycles. The van der Waals surface area contributed by atoms with Crippen molar-refractivity contribution < 1.29 is 44.4 Å². The Morgan fingerprint density at radius 3 is 1.50 bits per heavy atom. The van der Waals surface area contributed by atoms with E-state index in [0.29, 0.717) is 0 Å². The van der Waals surface area contributed by atoms with Crippen LogP contribution in [0.15, 0.2) is 76.5 Å². The highest BCUT2D eigenvalue weighted by molar-refractivity contribution is 7.85. The maximum Gasteiger partial charge on any atom is 0.300 e. The highest BCUT2D eigenvalue weighted by atomic mass is 32.2. The Balaban J connectivity index is 0.000000232. The summed E-state index contributed by atoms with van der Waals surface area (Å²) in [5, 5.41) is 0. The van der Waals surface area contributed by atoms with E-state index in [1.54, 1.807) is 14.2 Å². The lowest BCUT2D eigenvalue weighted by molar-refractivity contribution is 0.352. The van der Waals surface area contributed by atoms with Crippen molar-refractivity contribution in [3.8, 4) is 33.8 Å². The standard InChI is InChI=1S/C20H18O2S.C6HF5O3S/c1-21-16-10-6-14(7-11-16)18-4-3-5-19(23)20(18)15-8-12-17(22-2)13-9-15;7-1-2(8)4(10)6(15(12,13)14)5(11)3(1)9/h3-13,23H,1-2H3;(H,12,13,14). The fourth-order valence-electron chi connectivity index (χ4n) is 3.42. The first-order valence-corrected chi connectivity index (χ1v) is 12.4. The fraction of sp³-hybridized carbons (Fsp3) is 0.0769. The molecule has 0 fully saturated rings. The minimum Gasteiger partial charge on any atom is -0.497 e. The van der Waals surface area contributed by atoms with Gasteiger partial charge in [0.05, 0.1) is 14.2 Å². The lowest BCUT2D eigenvalue weighted by atomic mass is 9.94. The van der Waals surface area contributed by atoms with Gasteiger partial charge in [0, 0.05) is 10.5 Å². The molecule has 0 radical (unpaired) electrons. The molecule has 0 amide bonds. The van der Waals surface area contributed by atoms with E-state index < -0.39 is 44.1 Å². The minimum atomic E-state index is -5.52. The predicted molar refractivity (Wildman–Crippen MR) is 134 cm³/mol. The lowest BCUT2D eigenvalue weighted by Gasteiger charge is -2.14. The van der Waals surface area contributed by atoms with E-state index in [2.05, 4.69) is 43.0 Å². The SMILES string of the molecule is COc1ccc(-c2cccc(S)c2-c2ccc(OC)cc2)cc1.O=S(=O)(O)c1c(F)c(F)c(F)c(F)c1F. The van der Waals surface area contributed by atoms with Gasteiger partial charge in [0.15, 0.2) is 28.2 Å². The van der Waals surface area contributed by atoms with Crippen LogP contribution in [-0.4, -0.2) is 27.2 Å². The Labute approximate surface area is 220 Å². The van der Waals surface area contributed by atoms with Crippen LogP contribution in [0.5, 0.6) is 11.5 Å². The molecule has 38 heavy (non-hydrogen) atoms. The fourth-order valence-corrected chi connectivity index (χ4v) is 4.39. The summed E-state index contributed by atoms with van der Waals surface area (Å²) in [4.78, 5) is -1.32. The van der Waals surface area contributed by atoms with Crippen LogP contribution >= 0.6 is 12.6 Å². The summed E-state index contributed by atoms with van der Waals surface area (Å²) in [7, 11) is -2.18. The summed E-state index contributed by atoms with van der Waals surface area (Å²) in [6, 6.07) is 22.3. The van der Waals surface area contributed by atoms with Crippen molar-refractivity contribution in [2.75, 3.05) is 14.2 Å². The van der Waals surface area contributed by atoms with Gasteiger partial charge in [-0.1, -0.05) is 36.4 Å². The minimum absolute atomic E-state index is 0.844. The van der Waals surface area contributed by atoms with Crippen LogP contribution in [0.4, 0.5) is 22.0 Å². The van der Waals surface area contributed by atoms with Gasteiger partial charge in [-0.25, -0.2) is 22.0 Å². The van der Waals surface area contributed by atoms with E-state index >= 15 is 0 Å². The average molecular weight is 571 g/mol. The first-order chi connectivity index (χ1) is 17.9. The average Bonchev–Trinajstić information content (AvgIpc) is 2.90. The molecule has 0 unspecified atom stereocenters. The second-order valence-electron chi connectivity index (χ2n) is 7.53. The van der Waals surface area contributed by atoms with E-state index in [1.807, 2.05) is 36.4 Å². The molecule has 0 bridgehead atoms. The van der Waals surface area contributed by atoms with Gasteiger partial charge in [0.25, 0.3) is 0 Å². The lowest BCUT2D eigenvalue weighted by Crippen LogP contribution is -2.11. The van der Waals surface area contributed by atoms with Crippen LogP contribution in [-0.2, 0) is 10.1 Å². The van der Waals surface area contributed by atoms with Gasteiger partial charge in [-0.05, 0) is 47.0 Å². The molecule has 0 aliphatic carbocycles. The largest absolute Gasteiger partial charge is 0.497 e. The van der Waals surface area contributed by atoms with Gasteiger partial charge < -0.3 is 9.47 Å². The molecule has 12 heteroatoms. The summed E-state index contributed by atoms with van der Waals surface area (Å²) in [5.41, 5.74) is 4.50. The number of halogens is 5. The molecule has 0 aliphatic heterocycles. The molecule has 0 spiro atoms. The molecule has 0 aromatic heterocycles. The predicted octanol–water partition coefficient (Wildman–Crippen LogP) is 6.96. The Bertz CT molecular complexity index is 1530. The molecule has 4 aromatic rings. The topological polar surface area (TPSA) is 72.8 Å². The van der Waals surface area contributed by atoms with Gasteiger partial charge in [0.1, 0.15) is 11.5 Å². The normalized spacial score (nSPS) is 11.0. The van der Waals surface area contributed by atoms with Gasteiger partial charge in [0.2, 0.25) is 5.82 Å². The van der Waals surface area contributed by atoms with Crippen molar-refractivity contribution in [3.05, 3.63) is 95.8 Å². The number of thiol groups is 1. The Morgan fingerprint density at radius 1 is 0.658 bits per heavy atom. The number of rotatable bonds is 5. The maximum atomic E-state index is 12.6. The molecule has 0 heterocycles. The number of hydrogen-bond donors (Lipinski definition) is 2. The molecule has 0 saturated carbocycles. The summed E-state index contributed by atoms with van der Waals surface area (Å²) >= 11 is 4.66. The monoisotopic (exact) mass is 570 g/mol. The zero-order valence-corrected chi connectivity index (χ0v) is 21.4. The van der Waals surface area contributed by atoms with Crippen LogP contribution < -0.4 is 9.47 Å². The summed E-state index contributed by atoms with van der Waals surface area (Å²) in [6.07, 6.45) is 0. The van der Waals surface area contributed by atoms with Crippen molar-refractivity contribution in [3.63, 3.8) is 0 Å². The van der Waals surface area contributed by atoms with Gasteiger partial charge in [-0.15, -0.1) is 12.6 Å². The molecular weight excluding hydrogens is 551 g/mol. The maximum absolute atomic E-state index is 12.6. The first kappa shape index (κ1) is 29.0. The van der Waals surface area contributed by atoms with Gasteiger partial charge >= 0.3 is 10.1 Å². The Kier molecular flexibility index (Phi) is 9.02. The van der Waals surface area contributed by atoms with Gasteiger partial charge in [-0.3, -0.25) is 4.55 Å². The van der Waals surface area contributed by atoms with E-state index in [-0.39, 0.29) is 0 Å². The second kappa shape index (κ2) is 11.8. The van der Waals surface area contributed by atoms with Crippen molar-refractivity contribution >= 4 is 22.7 Å². The highest BCUT2D eigenvalue weighted by Crippen LogP contribution is 2.37. The van der Waals surface area contributed by atoms with E-state index in [0.717, 1.165) is 38.6 Å². The molecular formula is C26H19F5O5S2.